The molecule has 140 valence electrons. The van der Waals surface area contributed by atoms with E-state index < -0.39 is 0 Å². The van der Waals surface area contributed by atoms with Crippen LogP contribution < -0.4 is 4.74 Å². The summed E-state index contributed by atoms with van der Waals surface area (Å²) >= 11 is 7.36. The van der Waals surface area contributed by atoms with E-state index in [1.54, 1.807) is 25.3 Å². The Morgan fingerprint density at radius 1 is 1.42 bits per heavy atom. The van der Waals surface area contributed by atoms with E-state index in [9.17, 15) is 4.79 Å². The summed E-state index contributed by atoms with van der Waals surface area (Å²) < 4.78 is 11.0. The number of thioether (sulfide) groups is 1. The van der Waals surface area contributed by atoms with Crippen LogP contribution in [0.1, 0.15) is 13.8 Å². The molecule has 0 bridgehead atoms. The van der Waals surface area contributed by atoms with Crippen molar-refractivity contribution in [2.45, 2.75) is 31.2 Å². The van der Waals surface area contributed by atoms with E-state index >= 15 is 0 Å². The summed E-state index contributed by atoms with van der Waals surface area (Å²) in [4.78, 5) is 18.7. The number of H-pyrrole nitrogens is 1. The van der Waals surface area contributed by atoms with E-state index in [0.29, 0.717) is 34.8 Å². The highest BCUT2D eigenvalue weighted by atomic mass is 35.5. The zero-order valence-electron chi connectivity index (χ0n) is 14.9. The highest BCUT2D eigenvalue weighted by Crippen LogP contribution is 2.31. The second-order valence-electron chi connectivity index (χ2n) is 6.16. The SMILES string of the molecule is COc1ccc(Cl)cc1-c1nc(SCC(=O)N2C[C@@H](C)O[C@H](C)C2)n[nH]1. The van der Waals surface area contributed by atoms with Crippen molar-refractivity contribution in [3.05, 3.63) is 23.2 Å². The van der Waals surface area contributed by atoms with Gasteiger partial charge in [-0.3, -0.25) is 9.89 Å². The van der Waals surface area contributed by atoms with Gasteiger partial charge in [0.2, 0.25) is 11.1 Å². The van der Waals surface area contributed by atoms with Crippen molar-refractivity contribution in [3.8, 4) is 17.1 Å². The first-order chi connectivity index (χ1) is 12.5. The number of hydrogen-bond donors (Lipinski definition) is 1. The molecule has 26 heavy (non-hydrogen) atoms. The Morgan fingerprint density at radius 3 is 2.85 bits per heavy atom. The standard InChI is InChI=1S/C17H21ClN4O3S/c1-10-7-22(8-11(2)25-10)15(23)9-26-17-19-16(20-21-17)13-6-12(18)4-5-14(13)24-3/h4-6,10-11H,7-9H2,1-3H3,(H,19,20,21)/t10-,11-/m1/s1. The molecule has 3 rings (SSSR count). The van der Waals surface area contributed by atoms with Crippen molar-refractivity contribution in [1.82, 2.24) is 20.1 Å². The molecule has 1 N–H and O–H groups in total. The molecule has 2 heterocycles. The van der Waals surface area contributed by atoms with Crippen molar-refractivity contribution >= 4 is 29.3 Å². The largest absolute Gasteiger partial charge is 0.496 e. The summed E-state index contributed by atoms with van der Waals surface area (Å²) in [5.41, 5.74) is 0.724. The van der Waals surface area contributed by atoms with Crippen LogP contribution in [0, 0.1) is 0 Å². The van der Waals surface area contributed by atoms with Crippen LogP contribution in [0.5, 0.6) is 5.75 Å². The number of benzene rings is 1. The Bertz CT molecular complexity index is 775. The minimum Gasteiger partial charge on any atom is -0.496 e. The number of hydrogen-bond acceptors (Lipinski definition) is 6. The van der Waals surface area contributed by atoms with Gasteiger partial charge in [-0.05, 0) is 32.0 Å². The van der Waals surface area contributed by atoms with Gasteiger partial charge in [0.15, 0.2) is 5.82 Å². The van der Waals surface area contributed by atoms with Gasteiger partial charge in [0.25, 0.3) is 0 Å². The lowest BCUT2D eigenvalue weighted by molar-refractivity contribution is -0.140. The highest BCUT2D eigenvalue weighted by molar-refractivity contribution is 7.99. The molecule has 1 aromatic heterocycles. The van der Waals surface area contributed by atoms with Gasteiger partial charge in [-0.1, -0.05) is 23.4 Å². The van der Waals surface area contributed by atoms with Gasteiger partial charge in [-0.25, -0.2) is 4.98 Å². The maximum atomic E-state index is 12.4. The predicted octanol–water partition coefficient (Wildman–Crippen LogP) is 2.86. The van der Waals surface area contributed by atoms with E-state index in [1.807, 2.05) is 18.7 Å². The fourth-order valence-electron chi connectivity index (χ4n) is 2.90. The van der Waals surface area contributed by atoms with Gasteiger partial charge >= 0.3 is 0 Å². The number of nitrogens with one attached hydrogen (secondary N) is 1. The maximum absolute atomic E-state index is 12.4. The van der Waals surface area contributed by atoms with E-state index in [4.69, 9.17) is 21.1 Å². The molecule has 1 saturated heterocycles. The van der Waals surface area contributed by atoms with Crippen LogP contribution in [0.15, 0.2) is 23.4 Å². The molecule has 1 amide bonds. The summed E-state index contributed by atoms with van der Waals surface area (Å²) in [6, 6.07) is 5.28. The molecule has 2 aromatic rings. The fraction of sp³-hybridized carbons (Fsp3) is 0.471. The third-order valence-electron chi connectivity index (χ3n) is 3.98. The number of carbonyl (C=O) groups is 1. The zero-order chi connectivity index (χ0) is 18.7. The highest BCUT2D eigenvalue weighted by Gasteiger charge is 2.26. The molecular formula is C17H21ClN4O3S. The first-order valence-electron chi connectivity index (χ1n) is 8.28. The number of amides is 1. The minimum atomic E-state index is 0.0538. The van der Waals surface area contributed by atoms with Crippen molar-refractivity contribution in [2.24, 2.45) is 0 Å². The van der Waals surface area contributed by atoms with Crippen LogP contribution >= 0.6 is 23.4 Å². The predicted molar refractivity (Wildman–Crippen MR) is 101 cm³/mol. The number of morpholine rings is 1. The first-order valence-corrected chi connectivity index (χ1v) is 9.65. The van der Waals surface area contributed by atoms with Crippen LogP contribution in [0.3, 0.4) is 0 Å². The number of nitrogens with zero attached hydrogens (tertiary/aromatic N) is 3. The summed E-state index contributed by atoms with van der Waals surface area (Å²) in [6.07, 6.45) is 0.108. The molecule has 0 aliphatic carbocycles. The number of halogens is 1. The second-order valence-corrected chi connectivity index (χ2v) is 7.53. The molecule has 7 nitrogen and oxygen atoms in total. The van der Waals surface area contributed by atoms with Gasteiger partial charge in [0.1, 0.15) is 5.75 Å². The van der Waals surface area contributed by atoms with Crippen LogP contribution in [0.2, 0.25) is 5.02 Å². The molecule has 2 atom stereocenters. The first kappa shape index (κ1) is 19.0. The third kappa shape index (κ3) is 4.49. The van der Waals surface area contributed by atoms with Gasteiger partial charge in [-0.15, -0.1) is 5.10 Å². The minimum absolute atomic E-state index is 0.0538. The van der Waals surface area contributed by atoms with Crippen LogP contribution in [-0.4, -0.2) is 64.1 Å². The Kier molecular flexibility index (Phi) is 6.05. The van der Waals surface area contributed by atoms with Crippen molar-refractivity contribution in [1.29, 1.82) is 0 Å². The van der Waals surface area contributed by atoms with Crippen molar-refractivity contribution in [3.63, 3.8) is 0 Å². The Hall–Kier alpha value is -1.77. The molecule has 0 unspecified atom stereocenters. The normalized spacial score (nSPS) is 20.2. The number of methoxy groups -OCH3 is 1. The molecule has 9 heteroatoms. The van der Waals surface area contributed by atoms with Crippen LogP contribution in [0.4, 0.5) is 0 Å². The van der Waals surface area contributed by atoms with Gasteiger partial charge in [0.05, 0.1) is 30.6 Å². The average Bonchev–Trinajstić information content (AvgIpc) is 3.07. The van der Waals surface area contributed by atoms with Gasteiger partial charge in [0, 0.05) is 18.1 Å². The van der Waals surface area contributed by atoms with E-state index in [0.717, 1.165) is 5.56 Å². The number of aromatic amines is 1. The lowest BCUT2D eigenvalue weighted by Crippen LogP contribution is -2.48. The van der Waals surface area contributed by atoms with Crippen molar-refractivity contribution < 1.29 is 14.3 Å². The smallest absolute Gasteiger partial charge is 0.233 e. The van der Waals surface area contributed by atoms with E-state index in [-0.39, 0.29) is 23.9 Å². The van der Waals surface area contributed by atoms with Gasteiger partial charge < -0.3 is 14.4 Å². The van der Waals surface area contributed by atoms with E-state index in [2.05, 4.69) is 15.2 Å². The molecule has 0 radical (unpaired) electrons. The summed E-state index contributed by atoms with van der Waals surface area (Å²) in [7, 11) is 1.59. The molecular weight excluding hydrogens is 376 g/mol. The number of rotatable bonds is 5. The fourth-order valence-corrected chi connectivity index (χ4v) is 3.77. The topological polar surface area (TPSA) is 80.3 Å². The van der Waals surface area contributed by atoms with Gasteiger partial charge in [-0.2, -0.15) is 0 Å². The lowest BCUT2D eigenvalue weighted by Gasteiger charge is -2.35. The molecule has 1 aliphatic rings. The Morgan fingerprint density at radius 2 is 2.15 bits per heavy atom. The Labute approximate surface area is 161 Å². The second kappa shape index (κ2) is 8.28. The lowest BCUT2D eigenvalue weighted by atomic mass is 10.2. The van der Waals surface area contributed by atoms with Crippen LogP contribution in [0.25, 0.3) is 11.4 Å². The number of carbonyl (C=O) groups excluding carboxylic acids is 1. The number of aromatic nitrogens is 3. The van der Waals surface area contributed by atoms with Crippen LogP contribution in [-0.2, 0) is 9.53 Å². The summed E-state index contributed by atoms with van der Waals surface area (Å²) in [5.74, 6) is 1.54. The quantitative estimate of drug-likeness (QED) is 0.783. The van der Waals surface area contributed by atoms with Crippen molar-refractivity contribution in [2.75, 3.05) is 26.0 Å². The zero-order valence-corrected chi connectivity index (χ0v) is 16.4. The third-order valence-corrected chi connectivity index (χ3v) is 5.05. The molecule has 0 spiro atoms. The molecule has 1 aliphatic heterocycles. The summed E-state index contributed by atoms with van der Waals surface area (Å²) in [5, 5.41) is 8.14. The average molecular weight is 397 g/mol. The molecule has 1 fully saturated rings. The van der Waals surface area contributed by atoms with E-state index in [1.165, 1.54) is 11.8 Å². The molecule has 1 aromatic carbocycles. The summed E-state index contributed by atoms with van der Waals surface area (Å²) in [6.45, 7) is 5.18. The number of ether oxygens (including phenoxy) is 2. The molecule has 0 saturated carbocycles. The monoisotopic (exact) mass is 396 g/mol. The maximum Gasteiger partial charge on any atom is 0.233 e. The Balaban J connectivity index is 1.64.